The fraction of sp³-hybridized carbons (Fsp3) is 0.286. The first-order chi connectivity index (χ1) is 9.15. The van der Waals surface area contributed by atoms with Crippen molar-refractivity contribution >= 4 is 21.7 Å². The Hall–Kier alpha value is -1.62. The van der Waals surface area contributed by atoms with Crippen molar-refractivity contribution in [2.45, 2.75) is 13.3 Å². The standard InChI is InChI=1S/C14H16BrN3O/c1-9-13(15)14(16-2)18-12(17-9)8-10-6-4-5-7-11(10)19-3/h4-7H,8H2,1-3H3,(H,16,17,18). The molecular weight excluding hydrogens is 306 g/mol. The summed E-state index contributed by atoms with van der Waals surface area (Å²) in [5, 5.41) is 3.06. The molecule has 1 aromatic heterocycles. The third-order valence-electron chi connectivity index (χ3n) is 2.84. The Morgan fingerprint density at radius 1 is 1.26 bits per heavy atom. The Kier molecular flexibility index (Phi) is 4.37. The van der Waals surface area contributed by atoms with E-state index in [-0.39, 0.29) is 0 Å². The lowest BCUT2D eigenvalue weighted by Crippen LogP contribution is -2.05. The van der Waals surface area contributed by atoms with Crippen LogP contribution >= 0.6 is 15.9 Å². The first kappa shape index (κ1) is 13.8. The second-order valence-corrected chi connectivity index (χ2v) is 4.92. The zero-order valence-corrected chi connectivity index (χ0v) is 12.8. The highest BCUT2D eigenvalue weighted by Crippen LogP contribution is 2.25. The summed E-state index contributed by atoms with van der Waals surface area (Å²) in [7, 11) is 3.52. The van der Waals surface area contributed by atoms with Gasteiger partial charge in [0.15, 0.2) is 0 Å². The number of aromatic nitrogens is 2. The van der Waals surface area contributed by atoms with Crippen LogP contribution in [0, 0.1) is 6.92 Å². The second kappa shape index (κ2) is 6.02. The van der Waals surface area contributed by atoms with Crippen molar-refractivity contribution in [2.75, 3.05) is 19.5 Å². The van der Waals surface area contributed by atoms with Gasteiger partial charge in [-0.05, 0) is 28.9 Å². The van der Waals surface area contributed by atoms with E-state index < -0.39 is 0 Å². The minimum Gasteiger partial charge on any atom is -0.496 e. The fourth-order valence-electron chi connectivity index (χ4n) is 1.88. The van der Waals surface area contributed by atoms with Crippen LogP contribution in [0.4, 0.5) is 5.82 Å². The van der Waals surface area contributed by atoms with Crippen molar-refractivity contribution in [3.05, 3.63) is 45.8 Å². The number of para-hydroxylation sites is 1. The highest BCUT2D eigenvalue weighted by atomic mass is 79.9. The highest BCUT2D eigenvalue weighted by molar-refractivity contribution is 9.10. The van der Waals surface area contributed by atoms with Gasteiger partial charge in [0, 0.05) is 19.0 Å². The Labute approximate surface area is 121 Å². The molecule has 19 heavy (non-hydrogen) atoms. The molecule has 0 atom stereocenters. The summed E-state index contributed by atoms with van der Waals surface area (Å²) in [4.78, 5) is 9.00. The molecule has 0 fully saturated rings. The van der Waals surface area contributed by atoms with Gasteiger partial charge in [0.2, 0.25) is 0 Å². The lowest BCUT2D eigenvalue weighted by atomic mass is 10.1. The van der Waals surface area contributed by atoms with Crippen molar-refractivity contribution in [2.24, 2.45) is 0 Å². The lowest BCUT2D eigenvalue weighted by Gasteiger charge is -2.10. The molecule has 100 valence electrons. The molecule has 5 heteroatoms. The molecule has 0 unspecified atom stereocenters. The summed E-state index contributed by atoms with van der Waals surface area (Å²) in [6, 6.07) is 7.91. The third kappa shape index (κ3) is 3.04. The first-order valence-electron chi connectivity index (χ1n) is 5.98. The monoisotopic (exact) mass is 321 g/mol. The zero-order valence-electron chi connectivity index (χ0n) is 11.2. The molecule has 2 aromatic rings. The Balaban J connectivity index is 2.36. The third-order valence-corrected chi connectivity index (χ3v) is 3.79. The molecule has 0 amide bonds. The lowest BCUT2D eigenvalue weighted by molar-refractivity contribution is 0.410. The van der Waals surface area contributed by atoms with E-state index in [1.807, 2.05) is 38.2 Å². The van der Waals surface area contributed by atoms with E-state index in [1.54, 1.807) is 7.11 Å². The Morgan fingerprint density at radius 3 is 2.68 bits per heavy atom. The molecule has 0 saturated heterocycles. The molecule has 0 aliphatic rings. The molecule has 1 heterocycles. The van der Waals surface area contributed by atoms with Crippen LogP contribution < -0.4 is 10.1 Å². The summed E-state index contributed by atoms with van der Waals surface area (Å²) in [6.07, 6.45) is 0.646. The molecule has 2 rings (SSSR count). The number of ether oxygens (including phenoxy) is 1. The normalized spacial score (nSPS) is 10.3. The van der Waals surface area contributed by atoms with Crippen molar-refractivity contribution in [3.63, 3.8) is 0 Å². The number of hydrogen-bond acceptors (Lipinski definition) is 4. The van der Waals surface area contributed by atoms with Crippen LogP contribution in [0.25, 0.3) is 0 Å². The number of methoxy groups -OCH3 is 1. The number of nitrogens with one attached hydrogen (secondary N) is 1. The second-order valence-electron chi connectivity index (χ2n) is 4.13. The van der Waals surface area contributed by atoms with Gasteiger partial charge < -0.3 is 10.1 Å². The van der Waals surface area contributed by atoms with Gasteiger partial charge in [-0.25, -0.2) is 9.97 Å². The number of nitrogens with zero attached hydrogens (tertiary/aromatic N) is 2. The van der Waals surface area contributed by atoms with E-state index in [0.717, 1.165) is 33.1 Å². The number of hydrogen-bond donors (Lipinski definition) is 1. The quantitative estimate of drug-likeness (QED) is 0.939. The summed E-state index contributed by atoms with van der Waals surface area (Å²) in [5.41, 5.74) is 2.00. The molecule has 1 aromatic carbocycles. The summed E-state index contributed by atoms with van der Waals surface area (Å²) in [6.45, 7) is 1.96. The molecule has 0 aliphatic heterocycles. The van der Waals surface area contributed by atoms with Crippen LogP contribution in [-0.2, 0) is 6.42 Å². The number of aryl methyl sites for hydroxylation is 1. The van der Waals surface area contributed by atoms with E-state index in [4.69, 9.17) is 4.74 Å². The fourth-order valence-corrected chi connectivity index (χ4v) is 2.26. The molecule has 0 aliphatic carbocycles. The predicted molar refractivity (Wildman–Crippen MR) is 79.8 cm³/mol. The van der Waals surface area contributed by atoms with Crippen LogP contribution in [0.5, 0.6) is 5.75 Å². The van der Waals surface area contributed by atoms with Crippen LogP contribution in [0.3, 0.4) is 0 Å². The van der Waals surface area contributed by atoms with Gasteiger partial charge in [-0.1, -0.05) is 18.2 Å². The first-order valence-corrected chi connectivity index (χ1v) is 6.77. The van der Waals surface area contributed by atoms with Crippen molar-refractivity contribution in [1.82, 2.24) is 9.97 Å². The molecular formula is C14H16BrN3O. The predicted octanol–water partition coefficient (Wildman–Crippen LogP) is 3.19. The molecule has 4 nitrogen and oxygen atoms in total. The van der Waals surface area contributed by atoms with Gasteiger partial charge in [0.1, 0.15) is 17.4 Å². The minimum atomic E-state index is 0.646. The molecule has 0 saturated carbocycles. The molecule has 1 N–H and O–H groups in total. The van der Waals surface area contributed by atoms with E-state index >= 15 is 0 Å². The van der Waals surface area contributed by atoms with E-state index in [0.29, 0.717) is 6.42 Å². The topological polar surface area (TPSA) is 47.0 Å². The molecule has 0 spiro atoms. The van der Waals surface area contributed by atoms with Crippen molar-refractivity contribution in [3.8, 4) is 5.75 Å². The van der Waals surface area contributed by atoms with Gasteiger partial charge >= 0.3 is 0 Å². The average molecular weight is 322 g/mol. The number of halogens is 1. The molecule has 0 radical (unpaired) electrons. The smallest absolute Gasteiger partial charge is 0.144 e. The maximum atomic E-state index is 5.35. The van der Waals surface area contributed by atoms with Gasteiger partial charge in [-0.2, -0.15) is 0 Å². The maximum Gasteiger partial charge on any atom is 0.144 e. The SMILES string of the molecule is CNc1nc(Cc2ccccc2OC)nc(C)c1Br. The van der Waals surface area contributed by atoms with Gasteiger partial charge in [0.25, 0.3) is 0 Å². The Bertz CT molecular complexity index is 587. The average Bonchev–Trinajstić information content (AvgIpc) is 2.43. The van der Waals surface area contributed by atoms with Gasteiger partial charge in [0.05, 0.1) is 17.3 Å². The summed E-state index contributed by atoms with van der Waals surface area (Å²) in [5.74, 6) is 2.43. The van der Waals surface area contributed by atoms with Crippen molar-refractivity contribution < 1.29 is 4.74 Å². The summed E-state index contributed by atoms with van der Waals surface area (Å²) >= 11 is 3.48. The number of benzene rings is 1. The number of anilines is 1. The van der Waals surface area contributed by atoms with E-state index in [1.165, 1.54) is 0 Å². The molecule has 0 bridgehead atoms. The largest absolute Gasteiger partial charge is 0.496 e. The summed E-state index contributed by atoms with van der Waals surface area (Å²) < 4.78 is 6.25. The van der Waals surface area contributed by atoms with Crippen LogP contribution in [-0.4, -0.2) is 24.1 Å². The van der Waals surface area contributed by atoms with E-state index in [9.17, 15) is 0 Å². The maximum absolute atomic E-state index is 5.35. The van der Waals surface area contributed by atoms with Crippen LogP contribution in [0.1, 0.15) is 17.1 Å². The minimum absolute atomic E-state index is 0.646. The van der Waals surface area contributed by atoms with Gasteiger partial charge in [-0.3, -0.25) is 0 Å². The number of rotatable bonds is 4. The Morgan fingerprint density at radius 2 is 2.00 bits per heavy atom. The van der Waals surface area contributed by atoms with Crippen molar-refractivity contribution in [1.29, 1.82) is 0 Å². The van der Waals surface area contributed by atoms with Gasteiger partial charge in [-0.15, -0.1) is 0 Å². The van der Waals surface area contributed by atoms with Crippen LogP contribution in [0.2, 0.25) is 0 Å². The van der Waals surface area contributed by atoms with Crippen LogP contribution in [0.15, 0.2) is 28.7 Å². The zero-order chi connectivity index (χ0) is 13.8. The highest BCUT2D eigenvalue weighted by Gasteiger charge is 2.10. The van der Waals surface area contributed by atoms with E-state index in [2.05, 4.69) is 31.2 Å².